The Bertz CT molecular complexity index is 1590. The predicted molar refractivity (Wildman–Crippen MR) is 180 cm³/mol. The Morgan fingerprint density at radius 2 is 1.63 bits per heavy atom. The third kappa shape index (κ3) is 5.82. The van der Waals surface area contributed by atoms with Crippen molar-refractivity contribution in [1.82, 2.24) is 9.80 Å². The Hall–Kier alpha value is -3.75. The molecule has 3 heterocycles. The van der Waals surface area contributed by atoms with E-state index in [-0.39, 0.29) is 42.5 Å². The second kappa shape index (κ2) is 12.5. The number of carbonyl (C=O) groups excluding carboxylic acids is 2. The molecule has 244 valence electrons. The molecule has 0 spiro atoms. The Balaban J connectivity index is 1.33. The van der Waals surface area contributed by atoms with Gasteiger partial charge < -0.3 is 29.3 Å². The second-order valence-electron chi connectivity index (χ2n) is 13.6. The molecule has 0 radical (unpaired) electrons. The number of aliphatic hydroxyl groups is 1. The standard InChI is InChI=1S/C37H44ClN3O5/c1-22(2)46-33-21-31-24(17-32(33)45-6)18-34(42)41(35(31)23-7-11-27(38)12-8-23)28-13-9-25(10-14-28)37(3,44)26-19-29-15-16-30(20-26)40(29)36(43)39(4)5/h7-14,17,21-22,26,29-30,35,44H,15-16,18-20H2,1-6H3/t26?,29?,30?,35-,37?/m0/s1. The number of fused-ring (bicyclic) bond motifs is 3. The van der Waals surface area contributed by atoms with Crippen LogP contribution in [0, 0.1) is 5.92 Å². The highest BCUT2D eigenvalue weighted by atomic mass is 35.5. The normalized spacial score (nSPS) is 23.6. The molecule has 3 amide bonds. The van der Waals surface area contributed by atoms with Gasteiger partial charge >= 0.3 is 6.03 Å². The van der Waals surface area contributed by atoms with E-state index in [1.54, 1.807) is 26.1 Å². The summed E-state index contributed by atoms with van der Waals surface area (Å²) in [7, 11) is 5.20. The van der Waals surface area contributed by atoms with E-state index in [9.17, 15) is 14.7 Å². The van der Waals surface area contributed by atoms with E-state index < -0.39 is 11.6 Å². The maximum absolute atomic E-state index is 14.0. The van der Waals surface area contributed by atoms with E-state index in [1.807, 2.05) is 91.2 Å². The van der Waals surface area contributed by atoms with Gasteiger partial charge in [0.1, 0.15) is 0 Å². The smallest absolute Gasteiger partial charge is 0.319 e. The van der Waals surface area contributed by atoms with Crippen molar-refractivity contribution in [1.29, 1.82) is 0 Å². The number of hydrogen-bond donors (Lipinski definition) is 1. The Morgan fingerprint density at radius 1 is 1.00 bits per heavy atom. The molecule has 0 aliphatic carbocycles. The Labute approximate surface area is 276 Å². The Kier molecular flexibility index (Phi) is 8.72. The van der Waals surface area contributed by atoms with Gasteiger partial charge in [0.2, 0.25) is 5.91 Å². The van der Waals surface area contributed by atoms with Crippen molar-refractivity contribution in [2.75, 3.05) is 26.1 Å². The average molecular weight is 646 g/mol. The van der Waals surface area contributed by atoms with Gasteiger partial charge in [0, 0.05) is 36.9 Å². The largest absolute Gasteiger partial charge is 0.493 e. The van der Waals surface area contributed by atoms with Crippen molar-refractivity contribution < 1.29 is 24.2 Å². The summed E-state index contributed by atoms with van der Waals surface area (Å²) in [5.41, 5.74) is 3.23. The fourth-order valence-electron chi connectivity index (χ4n) is 7.70. The van der Waals surface area contributed by atoms with Gasteiger partial charge in [-0.05, 0) is 111 Å². The van der Waals surface area contributed by atoms with E-state index in [2.05, 4.69) is 0 Å². The highest BCUT2D eigenvalue weighted by Gasteiger charge is 2.49. The molecular weight excluding hydrogens is 602 g/mol. The van der Waals surface area contributed by atoms with Crippen LogP contribution in [0.1, 0.15) is 74.8 Å². The van der Waals surface area contributed by atoms with Gasteiger partial charge in [0.05, 0.1) is 31.3 Å². The number of benzene rings is 3. The van der Waals surface area contributed by atoms with Gasteiger partial charge in [-0.25, -0.2) is 4.79 Å². The van der Waals surface area contributed by atoms with Crippen LogP contribution in [0.15, 0.2) is 60.7 Å². The van der Waals surface area contributed by atoms with Crippen LogP contribution in [0.4, 0.5) is 10.5 Å². The molecule has 6 rings (SSSR count). The zero-order valence-corrected chi connectivity index (χ0v) is 28.3. The number of hydrogen-bond acceptors (Lipinski definition) is 5. The van der Waals surface area contributed by atoms with Crippen molar-refractivity contribution >= 4 is 29.2 Å². The van der Waals surface area contributed by atoms with Gasteiger partial charge in [-0.3, -0.25) is 4.79 Å². The van der Waals surface area contributed by atoms with Crippen molar-refractivity contribution in [3.63, 3.8) is 0 Å². The van der Waals surface area contributed by atoms with Crippen LogP contribution in [0.25, 0.3) is 0 Å². The minimum absolute atomic E-state index is 0.0155. The number of amides is 3. The van der Waals surface area contributed by atoms with Crippen LogP contribution in [-0.4, -0.2) is 66.2 Å². The first kappa shape index (κ1) is 32.2. The van der Waals surface area contributed by atoms with Crippen LogP contribution >= 0.6 is 11.6 Å². The first-order chi connectivity index (χ1) is 21.9. The summed E-state index contributed by atoms with van der Waals surface area (Å²) in [5, 5.41) is 12.6. The molecule has 3 aromatic carbocycles. The highest BCUT2D eigenvalue weighted by molar-refractivity contribution is 6.30. The third-order valence-electron chi connectivity index (χ3n) is 10.00. The number of anilines is 1. The monoisotopic (exact) mass is 645 g/mol. The average Bonchev–Trinajstić information content (AvgIpc) is 3.28. The van der Waals surface area contributed by atoms with Crippen LogP contribution in [0.2, 0.25) is 5.02 Å². The molecule has 2 bridgehead atoms. The second-order valence-corrected chi connectivity index (χ2v) is 14.0. The van der Waals surface area contributed by atoms with Gasteiger partial charge in [-0.2, -0.15) is 0 Å². The zero-order chi connectivity index (χ0) is 32.9. The Morgan fingerprint density at radius 3 is 2.20 bits per heavy atom. The van der Waals surface area contributed by atoms with Crippen molar-refractivity contribution in [3.05, 3.63) is 87.9 Å². The molecule has 9 heteroatoms. The van der Waals surface area contributed by atoms with E-state index >= 15 is 0 Å². The van der Waals surface area contributed by atoms with Crippen molar-refractivity contribution in [2.45, 2.75) is 82.7 Å². The van der Waals surface area contributed by atoms with E-state index in [0.29, 0.717) is 16.5 Å². The lowest BCUT2D eigenvalue weighted by atomic mass is 9.75. The van der Waals surface area contributed by atoms with E-state index in [4.69, 9.17) is 21.1 Å². The SMILES string of the molecule is COc1cc2c(cc1OC(C)C)[C@H](c1ccc(Cl)cc1)N(c1ccc(C(C)(O)C3CC4CCC(C3)N4C(=O)N(C)C)cc1)C(=O)C2. The van der Waals surface area contributed by atoms with Crippen LogP contribution in [-0.2, 0) is 16.8 Å². The molecule has 0 aromatic heterocycles. The lowest BCUT2D eigenvalue weighted by molar-refractivity contribution is -0.118. The van der Waals surface area contributed by atoms with Crippen LogP contribution in [0.5, 0.6) is 11.5 Å². The number of rotatable bonds is 7. The molecule has 1 N–H and O–H groups in total. The number of methoxy groups -OCH3 is 1. The number of carbonyl (C=O) groups is 2. The highest BCUT2D eigenvalue weighted by Crippen LogP contribution is 2.48. The molecule has 2 saturated heterocycles. The van der Waals surface area contributed by atoms with E-state index in [1.165, 1.54) is 0 Å². The first-order valence-electron chi connectivity index (χ1n) is 16.2. The molecule has 3 aliphatic heterocycles. The summed E-state index contributed by atoms with van der Waals surface area (Å²) in [5.74, 6) is 1.20. The maximum Gasteiger partial charge on any atom is 0.319 e. The predicted octanol–water partition coefficient (Wildman–Crippen LogP) is 6.95. The van der Waals surface area contributed by atoms with Gasteiger partial charge in [-0.1, -0.05) is 35.9 Å². The minimum Gasteiger partial charge on any atom is -0.493 e. The zero-order valence-electron chi connectivity index (χ0n) is 27.5. The lowest BCUT2D eigenvalue weighted by Gasteiger charge is -2.45. The van der Waals surface area contributed by atoms with E-state index in [0.717, 1.165) is 53.6 Å². The molecular formula is C37H44ClN3O5. The number of ether oxygens (including phenoxy) is 2. The molecule has 2 fully saturated rings. The van der Waals surface area contributed by atoms with Gasteiger partial charge in [0.15, 0.2) is 11.5 Å². The first-order valence-corrected chi connectivity index (χ1v) is 16.5. The molecule has 4 atom stereocenters. The van der Waals surface area contributed by atoms with Crippen molar-refractivity contribution in [3.8, 4) is 11.5 Å². The topological polar surface area (TPSA) is 82.6 Å². The molecule has 0 saturated carbocycles. The number of urea groups is 1. The lowest BCUT2D eigenvalue weighted by Crippen LogP contribution is -2.53. The number of piperidine rings is 1. The summed E-state index contributed by atoms with van der Waals surface area (Å²) in [6.07, 6.45) is 3.61. The fraction of sp³-hybridized carbons (Fsp3) is 0.459. The van der Waals surface area contributed by atoms with Gasteiger partial charge in [0.25, 0.3) is 0 Å². The van der Waals surface area contributed by atoms with Gasteiger partial charge in [-0.15, -0.1) is 0 Å². The molecule has 3 aliphatic rings. The summed E-state index contributed by atoms with van der Waals surface area (Å²) in [6.45, 7) is 5.83. The fourth-order valence-corrected chi connectivity index (χ4v) is 7.83. The summed E-state index contributed by atoms with van der Waals surface area (Å²) < 4.78 is 11.8. The minimum atomic E-state index is -1.08. The quantitative estimate of drug-likeness (QED) is 0.301. The molecule has 46 heavy (non-hydrogen) atoms. The summed E-state index contributed by atoms with van der Waals surface area (Å²) >= 11 is 6.28. The molecule has 3 unspecified atom stereocenters. The van der Waals surface area contributed by atoms with Crippen LogP contribution < -0.4 is 14.4 Å². The summed E-state index contributed by atoms with van der Waals surface area (Å²) in [4.78, 5) is 32.3. The maximum atomic E-state index is 14.0. The number of nitrogens with zero attached hydrogens (tertiary/aromatic N) is 3. The molecule has 8 nitrogen and oxygen atoms in total. The molecule has 3 aromatic rings. The number of halogens is 1. The van der Waals surface area contributed by atoms with Crippen LogP contribution in [0.3, 0.4) is 0 Å². The third-order valence-corrected chi connectivity index (χ3v) is 10.3. The van der Waals surface area contributed by atoms with Crippen molar-refractivity contribution in [2.24, 2.45) is 5.92 Å². The summed E-state index contributed by atoms with van der Waals surface area (Å²) in [6, 6.07) is 19.2.